The van der Waals surface area contributed by atoms with Crippen molar-refractivity contribution < 1.29 is 23.9 Å². The molecule has 1 aliphatic rings. The maximum Gasteiger partial charge on any atom is 0.262 e. The molecule has 0 unspecified atom stereocenters. The monoisotopic (exact) mass is 456 g/mol. The lowest BCUT2D eigenvalue weighted by molar-refractivity contribution is -0.127. The van der Waals surface area contributed by atoms with E-state index in [1.54, 1.807) is 48.5 Å². The Kier molecular flexibility index (Phi) is 6.82. The molecule has 0 radical (unpaired) electrons. The summed E-state index contributed by atoms with van der Waals surface area (Å²) in [4.78, 5) is 51.3. The zero-order valence-corrected chi connectivity index (χ0v) is 18.7. The van der Waals surface area contributed by atoms with Gasteiger partial charge in [-0.2, -0.15) is 0 Å². The molecule has 172 valence electrons. The van der Waals surface area contributed by atoms with E-state index in [4.69, 9.17) is 4.74 Å². The molecule has 0 aliphatic carbocycles. The number of Topliss-reactive ketones (excluding diaryl/α,β-unsaturated/α-hetero) is 1. The number of carbonyl (C=O) groups is 4. The van der Waals surface area contributed by atoms with Crippen LogP contribution in [0.4, 0.5) is 0 Å². The zero-order chi connectivity index (χ0) is 24.1. The van der Waals surface area contributed by atoms with Gasteiger partial charge in [-0.15, -0.1) is 0 Å². The summed E-state index contributed by atoms with van der Waals surface area (Å²) in [5, 5.41) is 2.54. The maximum atomic E-state index is 13.0. The summed E-state index contributed by atoms with van der Waals surface area (Å²) in [6.07, 6.45) is 0.105. The number of ketones is 1. The van der Waals surface area contributed by atoms with Crippen LogP contribution in [0.2, 0.25) is 0 Å². The number of hydrogen-bond acceptors (Lipinski definition) is 5. The number of nitrogens with zero attached hydrogens (tertiary/aromatic N) is 1. The molecule has 7 nitrogen and oxygen atoms in total. The standard InChI is InChI=1S/C27H24N2O5/c1-18(30)16-28-25(31)24(29-26(32)22-9-5-6-10-23(22)27(29)33)15-19-11-13-21(14-12-19)34-17-20-7-3-2-4-8-20/h2-14,24H,15-17H2,1H3,(H,28,31)/t24-/m0/s1. The van der Waals surface area contributed by atoms with Gasteiger partial charge >= 0.3 is 0 Å². The molecular formula is C27H24N2O5. The van der Waals surface area contributed by atoms with Crippen molar-refractivity contribution in [3.8, 4) is 5.75 Å². The predicted octanol–water partition coefficient (Wildman–Crippen LogP) is 3.18. The number of nitrogens with one attached hydrogen (secondary N) is 1. The first-order chi connectivity index (χ1) is 16.4. The number of hydrogen-bond donors (Lipinski definition) is 1. The Morgan fingerprint density at radius 2 is 1.41 bits per heavy atom. The molecule has 3 aromatic rings. The largest absolute Gasteiger partial charge is 0.489 e. The number of benzene rings is 3. The first kappa shape index (κ1) is 22.9. The Bertz CT molecular complexity index is 1190. The highest BCUT2D eigenvalue weighted by Crippen LogP contribution is 2.26. The third-order valence-electron chi connectivity index (χ3n) is 5.55. The summed E-state index contributed by atoms with van der Waals surface area (Å²) in [6, 6.07) is 22.3. The van der Waals surface area contributed by atoms with Gasteiger partial charge in [0.2, 0.25) is 5.91 Å². The minimum Gasteiger partial charge on any atom is -0.489 e. The minimum atomic E-state index is -1.09. The molecule has 7 heteroatoms. The molecule has 0 saturated carbocycles. The Labute approximate surface area is 197 Å². The van der Waals surface area contributed by atoms with Crippen molar-refractivity contribution >= 4 is 23.5 Å². The molecule has 1 N–H and O–H groups in total. The first-order valence-corrected chi connectivity index (χ1v) is 10.9. The Morgan fingerprint density at radius 1 is 0.824 bits per heavy atom. The fourth-order valence-electron chi connectivity index (χ4n) is 3.81. The van der Waals surface area contributed by atoms with Crippen molar-refractivity contribution in [3.63, 3.8) is 0 Å². The van der Waals surface area contributed by atoms with Crippen LogP contribution in [0, 0.1) is 0 Å². The molecular weight excluding hydrogens is 432 g/mol. The van der Waals surface area contributed by atoms with E-state index in [2.05, 4.69) is 5.32 Å². The van der Waals surface area contributed by atoms with E-state index in [0.29, 0.717) is 12.4 Å². The van der Waals surface area contributed by atoms with E-state index in [1.165, 1.54) is 6.92 Å². The number of amides is 3. The molecule has 34 heavy (non-hydrogen) atoms. The fourth-order valence-corrected chi connectivity index (χ4v) is 3.81. The molecule has 0 fully saturated rings. The summed E-state index contributed by atoms with van der Waals surface area (Å²) in [5.41, 5.74) is 2.31. The van der Waals surface area contributed by atoms with Crippen molar-refractivity contribution in [3.05, 3.63) is 101 Å². The summed E-state index contributed by atoms with van der Waals surface area (Å²) >= 11 is 0. The average molecular weight is 456 g/mol. The van der Waals surface area contributed by atoms with E-state index in [1.807, 2.05) is 30.3 Å². The number of carbonyl (C=O) groups excluding carboxylic acids is 4. The highest BCUT2D eigenvalue weighted by molar-refractivity contribution is 6.22. The third kappa shape index (κ3) is 5.04. The van der Waals surface area contributed by atoms with Gasteiger partial charge < -0.3 is 10.1 Å². The number of fused-ring (bicyclic) bond motifs is 1. The van der Waals surface area contributed by atoms with E-state index < -0.39 is 23.8 Å². The van der Waals surface area contributed by atoms with Gasteiger partial charge in [0.15, 0.2) is 0 Å². The fraction of sp³-hybridized carbons (Fsp3) is 0.185. The SMILES string of the molecule is CC(=O)CNC(=O)[C@H](Cc1ccc(OCc2ccccc2)cc1)N1C(=O)c2ccccc2C1=O. The summed E-state index contributed by atoms with van der Waals surface area (Å²) < 4.78 is 5.81. The van der Waals surface area contributed by atoms with Gasteiger partial charge in [-0.3, -0.25) is 24.1 Å². The molecule has 1 heterocycles. The minimum absolute atomic E-state index is 0.105. The smallest absolute Gasteiger partial charge is 0.262 e. The Morgan fingerprint density at radius 3 is 2.00 bits per heavy atom. The van der Waals surface area contributed by atoms with Crippen LogP contribution >= 0.6 is 0 Å². The van der Waals surface area contributed by atoms with Gasteiger partial charge in [0.05, 0.1) is 17.7 Å². The van der Waals surface area contributed by atoms with Crippen molar-refractivity contribution in [1.82, 2.24) is 10.2 Å². The van der Waals surface area contributed by atoms with Crippen LogP contribution in [0.5, 0.6) is 5.75 Å². The lowest BCUT2D eigenvalue weighted by Crippen LogP contribution is -2.51. The second kappa shape index (κ2) is 10.1. The van der Waals surface area contributed by atoms with Crippen LogP contribution in [-0.2, 0) is 22.6 Å². The topological polar surface area (TPSA) is 92.8 Å². The van der Waals surface area contributed by atoms with Crippen LogP contribution in [0.3, 0.4) is 0 Å². The van der Waals surface area contributed by atoms with Crippen molar-refractivity contribution in [2.75, 3.05) is 6.54 Å². The van der Waals surface area contributed by atoms with Crippen molar-refractivity contribution in [2.45, 2.75) is 26.0 Å². The average Bonchev–Trinajstić information content (AvgIpc) is 3.11. The van der Waals surface area contributed by atoms with E-state index >= 15 is 0 Å². The van der Waals surface area contributed by atoms with Crippen LogP contribution in [0.15, 0.2) is 78.9 Å². The van der Waals surface area contributed by atoms with Gasteiger partial charge in [0.25, 0.3) is 11.8 Å². The van der Waals surface area contributed by atoms with Crippen LogP contribution in [-0.4, -0.2) is 41.0 Å². The van der Waals surface area contributed by atoms with Crippen molar-refractivity contribution in [1.29, 1.82) is 0 Å². The van der Waals surface area contributed by atoms with E-state index in [9.17, 15) is 19.2 Å². The number of imide groups is 1. The molecule has 3 aromatic carbocycles. The van der Waals surface area contributed by atoms with E-state index in [0.717, 1.165) is 16.0 Å². The molecule has 0 aromatic heterocycles. The molecule has 0 bridgehead atoms. The molecule has 0 spiro atoms. The molecule has 1 aliphatic heterocycles. The Hall–Kier alpha value is -4.26. The lowest BCUT2D eigenvalue weighted by atomic mass is 10.0. The Balaban J connectivity index is 1.52. The number of ether oxygens (including phenoxy) is 1. The highest BCUT2D eigenvalue weighted by Gasteiger charge is 2.42. The lowest BCUT2D eigenvalue weighted by Gasteiger charge is -2.25. The summed E-state index contributed by atoms with van der Waals surface area (Å²) in [5.74, 6) is -1.17. The zero-order valence-electron chi connectivity index (χ0n) is 18.7. The van der Waals surface area contributed by atoms with Gasteiger partial charge in [-0.25, -0.2) is 0 Å². The second-order valence-corrected chi connectivity index (χ2v) is 8.08. The van der Waals surface area contributed by atoms with Crippen LogP contribution < -0.4 is 10.1 Å². The molecule has 3 amide bonds. The van der Waals surface area contributed by atoms with Crippen LogP contribution in [0.25, 0.3) is 0 Å². The molecule has 1 atom stereocenters. The predicted molar refractivity (Wildman–Crippen MR) is 125 cm³/mol. The summed E-state index contributed by atoms with van der Waals surface area (Å²) in [6.45, 7) is 1.60. The number of rotatable bonds is 9. The molecule has 4 rings (SSSR count). The van der Waals surface area contributed by atoms with Crippen LogP contribution in [0.1, 0.15) is 38.8 Å². The second-order valence-electron chi connectivity index (χ2n) is 8.08. The summed E-state index contributed by atoms with van der Waals surface area (Å²) in [7, 11) is 0. The third-order valence-corrected chi connectivity index (χ3v) is 5.55. The normalized spacial score (nSPS) is 13.4. The van der Waals surface area contributed by atoms with Gasteiger partial charge in [-0.05, 0) is 42.3 Å². The quantitative estimate of drug-likeness (QED) is 0.499. The van der Waals surface area contributed by atoms with Gasteiger partial charge in [0.1, 0.15) is 24.2 Å². The van der Waals surface area contributed by atoms with Crippen molar-refractivity contribution in [2.24, 2.45) is 0 Å². The highest BCUT2D eigenvalue weighted by atomic mass is 16.5. The van der Waals surface area contributed by atoms with Gasteiger partial charge in [0, 0.05) is 6.42 Å². The maximum absolute atomic E-state index is 13.0. The molecule has 0 saturated heterocycles. The van der Waals surface area contributed by atoms with E-state index in [-0.39, 0.29) is 29.9 Å². The first-order valence-electron chi connectivity index (χ1n) is 10.9. The van der Waals surface area contributed by atoms with Gasteiger partial charge in [-0.1, -0.05) is 54.6 Å².